The van der Waals surface area contributed by atoms with Gasteiger partial charge in [-0.2, -0.15) is 0 Å². The topological polar surface area (TPSA) is 46.3 Å². The highest BCUT2D eigenvalue weighted by molar-refractivity contribution is 5.85. The van der Waals surface area contributed by atoms with Gasteiger partial charge < -0.3 is 10.6 Å². The van der Waals surface area contributed by atoms with Crippen molar-refractivity contribution in [1.82, 2.24) is 4.90 Å². The van der Waals surface area contributed by atoms with Gasteiger partial charge in [0.1, 0.15) is 0 Å². The van der Waals surface area contributed by atoms with E-state index in [1.54, 1.807) is 0 Å². The molecule has 0 bridgehead atoms. The van der Waals surface area contributed by atoms with E-state index in [1.165, 1.54) is 11.1 Å². The Bertz CT molecular complexity index is 473. The number of carbonyl (C=O) groups excluding carboxylic acids is 1. The van der Waals surface area contributed by atoms with Crippen LogP contribution in [0.3, 0.4) is 0 Å². The Kier molecular flexibility index (Phi) is 5.60. The van der Waals surface area contributed by atoms with Gasteiger partial charge in [0.05, 0.1) is 6.04 Å². The summed E-state index contributed by atoms with van der Waals surface area (Å²) < 4.78 is 0. The molecule has 1 aromatic rings. The highest BCUT2D eigenvalue weighted by atomic mass is 35.5. The van der Waals surface area contributed by atoms with E-state index in [2.05, 4.69) is 39.0 Å². The van der Waals surface area contributed by atoms with Gasteiger partial charge in [-0.05, 0) is 17.5 Å². The van der Waals surface area contributed by atoms with Crippen LogP contribution in [-0.4, -0.2) is 23.4 Å². The Labute approximate surface area is 127 Å². The number of rotatable bonds is 3. The van der Waals surface area contributed by atoms with Crippen molar-refractivity contribution in [2.24, 2.45) is 5.73 Å². The quantitative estimate of drug-likeness (QED) is 0.932. The first-order valence-electron chi connectivity index (χ1n) is 7.08. The van der Waals surface area contributed by atoms with E-state index in [1.807, 2.05) is 11.0 Å². The van der Waals surface area contributed by atoms with Gasteiger partial charge in [0.25, 0.3) is 0 Å². The second-order valence-electron chi connectivity index (χ2n) is 6.13. The van der Waals surface area contributed by atoms with Crippen LogP contribution in [0.4, 0.5) is 0 Å². The van der Waals surface area contributed by atoms with E-state index < -0.39 is 0 Å². The SMILES string of the molecule is CCCC(N)C(=O)N1Cc2ccccc2C(C)(C)C1.Cl. The van der Waals surface area contributed by atoms with Crippen LogP contribution in [0.2, 0.25) is 0 Å². The molecule has 2 rings (SSSR count). The standard InChI is InChI=1S/C16H24N2O.ClH/c1-4-7-14(17)15(19)18-10-12-8-5-6-9-13(12)16(2,3)11-18;/h5-6,8-9,14H,4,7,10-11,17H2,1-3H3;1H. The molecule has 0 saturated heterocycles. The summed E-state index contributed by atoms with van der Waals surface area (Å²) in [5.41, 5.74) is 8.57. The molecule has 1 unspecified atom stereocenters. The van der Waals surface area contributed by atoms with Gasteiger partial charge in [0.15, 0.2) is 0 Å². The number of nitrogens with two attached hydrogens (primary N) is 1. The highest BCUT2D eigenvalue weighted by Crippen LogP contribution is 2.33. The van der Waals surface area contributed by atoms with Crippen LogP contribution in [-0.2, 0) is 16.8 Å². The highest BCUT2D eigenvalue weighted by Gasteiger charge is 2.34. The van der Waals surface area contributed by atoms with Crippen molar-refractivity contribution in [1.29, 1.82) is 0 Å². The van der Waals surface area contributed by atoms with Crippen LogP contribution in [0, 0.1) is 0 Å². The Hall–Kier alpha value is -1.06. The van der Waals surface area contributed by atoms with Gasteiger partial charge in [-0.25, -0.2) is 0 Å². The predicted molar refractivity (Wildman–Crippen MR) is 85.0 cm³/mol. The number of amides is 1. The minimum absolute atomic E-state index is 0. The van der Waals surface area contributed by atoms with Crippen molar-refractivity contribution < 1.29 is 4.79 Å². The molecule has 1 amide bonds. The van der Waals surface area contributed by atoms with E-state index >= 15 is 0 Å². The van der Waals surface area contributed by atoms with E-state index in [4.69, 9.17) is 5.73 Å². The van der Waals surface area contributed by atoms with Crippen LogP contribution >= 0.6 is 12.4 Å². The van der Waals surface area contributed by atoms with Crippen LogP contribution in [0.15, 0.2) is 24.3 Å². The molecule has 112 valence electrons. The van der Waals surface area contributed by atoms with Gasteiger partial charge in [0, 0.05) is 18.5 Å². The maximum Gasteiger partial charge on any atom is 0.239 e. The lowest BCUT2D eigenvalue weighted by Gasteiger charge is -2.40. The van der Waals surface area contributed by atoms with Gasteiger partial charge in [-0.15, -0.1) is 12.4 Å². The summed E-state index contributed by atoms with van der Waals surface area (Å²) in [4.78, 5) is 14.3. The number of fused-ring (bicyclic) bond motifs is 1. The largest absolute Gasteiger partial charge is 0.336 e. The van der Waals surface area contributed by atoms with Gasteiger partial charge in [0.2, 0.25) is 5.91 Å². The normalized spacial score (nSPS) is 17.9. The van der Waals surface area contributed by atoms with Crippen LogP contribution < -0.4 is 5.73 Å². The van der Waals surface area contributed by atoms with Crippen LogP contribution in [0.25, 0.3) is 0 Å². The summed E-state index contributed by atoms with van der Waals surface area (Å²) in [6.45, 7) is 7.88. The maximum absolute atomic E-state index is 12.4. The second-order valence-corrected chi connectivity index (χ2v) is 6.13. The summed E-state index contributed by atoms with van der Waals surface area (Å²) in [6, 6.07) is 8.03. The molecule has 2 N–H and O–H groups in total. The molecular weight excluding hydrogens is 272 g/mol. The molecule has 1 atom stereocenters. The Morgan fingerprint density at radius 3 is 2.70 bits per heavy atom. The van der Waals surface area contributed by atoms with Crippen molar-refractivity contribution in [3.05, 3.63) is 35.4 Å². The molecule has 0 fully saturated rings. The Balaban J connectivity index is 0.00000200. The van der Waals surface area contributed by atoms with Crippen molar-refractivity contribution in [2.75, 3.05) is 6.54 Å². The molecule has 0 aromatic heterocycles. The molecule has 0 spiro atoms. The number of hydrogen-bond acceptors (Lipinski definition) is 2. The molecule has 0 radical (unpaired) electrons. The summed E-state index contributed by atoms with van der Waals surface area (Å²) in [5, 5.41) is 0. The average molecular weight is 297 g/mol. The molecule has 0 aliphatic carbocycles. The smallest absolute Gasteiger partial charge is 0.239 e. The fourth-order valence-corrected chi connectivity index (χ4v) is 2.97. The fourth-order valence-electron chi connectivity index (χ4n) is 2.97. The predicted octanol–water partition coefficient (Wildman–Crippen LogP) is 2.86. The zero-order valence-electron chi connectivity index (χ0n) is 12.6. The minimum Gasteiger partial charge on any atom is -0.336 e. The molecule has 1 aliphatic heterocycles. The molecule has 4 heteroatoms. The van der Waals surface area contributed by atoms with E-state index in [0.717, 1.165) is 19.4 Å². The number of halogens is 1. The zero-order valence-corrected chi connectivity index (χ0v) is 13.4. The molecule has 1 aliphatic rings. The Morgan fingerprint density at radius 2 is 2.05 bits per heavy atom. The minimum atomic E-state index is -0.355. The van der Waals surface area contributed by atoms with Crippen LogP contribution in [0.1, 0.15) is 44.7 Å². The first-order chi connectivity index (χ1) is 8.95. The van der Waals surface area contributed by atoms with Crippen molar-refractivity contribution in [2.45, 2.75) is 51.6 Å². The van der Waals surface area contributed by atoms with Crippen molar-refractivity contribution in [3.8, 4) is 0 Å². The lowest BCUT2D eigenvalue weighted by molar-refractivity contribution is -0.134. The average Bonchev–Trinajstić information content (AvgIpc) is 2.37. The van der Waals surface area contributed by atoms with Gasteiger partial charge >= 0.3 is 0 Å². The van der Waals surface area contributed by atoms with Gasteiger partial charge in [-0.3, -0.25) is 4.79 Å². The Morgan fingerprint density at radius 1 is 1.40 bits per heavy atom. The number of hydrogen-bond donors (Lipinski definition) is 1. The van der Waals surface area contributed by atoms with Gasteiger partial charge in [-0.1, -0.05) is 51.5 Å². The summed E-state index contributed by atoms with van der Waals surface area (Å²) >= 11 is 0. The second kappa shape index (κ2) is 6.59. The third kappa shape index (κ3) is 3.33. The van der Waals surface area contributed by atoms with Crippen LogP contribution in [0.5, 0.6) is 0 Å². The van der Waals surface area contributed by atoms with Crippen molar-refractivity contribution in [3.63, 3.8) is 0 Å². The molecule has 1 heterocycles. The third-order valence-corrected chi connectivity index (χ3v) is 3.92. The third-order valence-electron chi connectivity index (χ3n) is 3.92. The first-order valence-corrected chi connectivity index (χ1v) is 7.08. The summed E-state index contributed by atoms with van der Waals surface area (Å²) in [6.07, 6.45) is 1.71. The fraction of sp³-hybridized carbons (Fsp3) is 0.562. The number of benzene rings is 1. The molecule has 0 saturated carbocycles. The lowest BCUT2D eigenvalue weighted by atomic mass is 9.78. The molecule has 3 nitrogen and oxygen atoms in total. The zero-order chi connectivity index (χ0) is 14.0. The van der Waals surface area contributed by atoms with E-state index in [9.17, 15) is 4.79 Å². The first kappa shape index (κ1) is 17.0. The van der Waals surface area contributed by atoms with Crippen molar-refractivity contribution >= 4 is 18.3 Å². The number of nitrogens with zero attached hydrogens (tertiary/aromatic N) is 1. The van der Waals surface area contributed by atoms with E-state index in [0.29, 0.717) is 6.54 Å². The summed E-state index contributed by atoms with van der Waals surface area (Å²) in [5.74, 6) is 0.0874. The molecule has 1 aromatic carbocycles. The maximum atomic E-state index is 12.4. The summed E-state index contributed by atoms with van der Waals surface area (Å²) in [7, 11) is 0. The monoisotopic (exact) mass is 296 g/mol. The van der Waals surface area contributed by atoms with E-state index in [-0.39, 0.29) is 29.8 Å². The molecule has 20 heavy (non-hydrogen) atoms. The molecular formula is C16H25ClN2O. The lowest BCUT2D eigenvalue weighted by Crippen LogP contribution is -2.50. The number of carbonyl (C=O) groups is 1.